The van der Waals surface area contributed by atoms with E-state index in [0.717, 1.165) is 6.42 Å². The first-order valence-corrected chi connectivity index (χ1v) is 5.30. The summed E-state index contributed by atoms with van der Waals surface area (Å²) in [6, 6.07) is 0. The molecule has 0 saturated heterocycles. The average Bonchev–Trinajstić information content (AvgIpc) is 2.11. The van der Waals surface area contributed by atoms with Crippen molar-refractivity contribution in [3.05, 3.63) is 11.1 Å². The number of hydrogen-bond donors (Lipinski definition) is 1. The Balaban J connectivity index is 2.86. The highest BCUT2D eigenvalue weighted by Crippen LogP contribution is 2.42. The smallest absolute Gasteiger partial charge is 0.118 e. The Kier molecular flexibility index (Phi) is 3.39. The minimum Gasteiger partial charge on any atom is -0.380 e. The third-order valence-electron chi connectivity index (χ3n) is 3.28. The zero-order valence-corrected chi connectivity index (χ0v) is 9.43. The molecule has 0 amide bonds. The van der Waals surface area contributed by atoms with E-state index < -0.39 is 6.10 Å². The van der Waals surface area contributed by atoms with Crippen LogP contribution in [0.3, 0.4) is 0 Å². The summed E-state index contributed by atoms with van der Waals surface area (Å²) in [4.78, 5) is 0. The fourth-order valence-electron chi connectivity index (χ4n) is 2.38. The quantitative estimate of drug-likeness (QED) is 0.527. The summed E-state index contributed by atoms with van der Waals surface area (Å²) in [6.07, 6.45) is 8.86. The second-order valence-corrected chi connectivity index (χ2v) is 4.88. The number of terminal acetylenes is 1. The van der Waals surface area contributed by atoms with E-state index in [-0.39, 0.29) is 5.41 Å². The fraction of sp³-hybridized carbons (Fsp3) is 0.692. The molecule has 78 valence electrons. The summed E-state index contributed by atoms with van der Waals surface area (Å²) in [5, 5.41) is 9.49. The molecule has 0 bridgehead atoms. The molecule has 1 aliphatic carbocycles. The zero-order chi connectivity index (χ0) is 10.8. The van der Waals surface area contributed by atoms with Crippen LogP contribution < -0.4 is 0 Å². The van der Waals surface area contributed by atoms with E-state index in [4.69, 9.17) is 6.42 Å². The van der Waals surface area contributed by atoms with E-state index >= 15 is 0 Å². The molecule has 0 heterocycles. The molecular weight excluding hydrogens is 172 g/mol. The molecule has 1 nitrogen and oxygen atoms in total. The van der Waals surface area contributed by atoms with Crippen LogP contribution >= 0.6 is 0 Å². The highest BCUT2D eigenvalue weighted by atomic mass is 16.3. The normalized spacial score (nSPS) is 23.1. The van der Waals surface area contributed by atoms with Gasteiger partial charge in [0.05, 0.1) is 0 Å². The van der Waals surface area contributed by atoms with Gasteiger partial charge in [-0.15, -0.1) is 6.42 Å². The van der Waals surface area contributed by atoms with Crippen LogP contribution in [-0.4, -0.2) is 11.2 Å². The first-order chi connectivity index (χ1) is 6.47. The molecule has 1 atom stereocenters. The van der Waals surface area contributed by atoms with Crippen molar-refractivity contribution in [3.8, 4) is 12.3 Å². The van der Waals surface area contributed by atoms with Gasteiger partial charge in [-0.25, -0.2) is 0 Å². The molecule has 14 heavy (non-hydrogen) atoms. The van der Waals surface area contributed by atoms with Crippen LogP contribution in [0.4, 0.5) is 0 Å². The molecular formula is C13H20O. The van der Waals surface area contributed by atoms with Gasteiger partial charge >= 0.3 is 0 Å². The van der Waals surface area contributed by atoms with Gasteiger partial charge in [-0.2, -0.15) is 0 Å². The summed E-state index contributed by atoms with van der Waals surface area (Å²) in [5.74, 6) is 2.39. The molecule has 0 radical (unpaired) electrons. The SMILES string of the molecule is C#C[C@H](O)CC1=C(C)CCCC1(C)C. The fourth-order valence-corrected chi connectivity index (χ4v) is 2.38. The van der Waals surface area contributed by atoms with Gasteiger partial charge in [-0.05, 0) is 31.6 Å². The molecule has 0 aromatic carbocycles. The molecule has 1 rings (SSSR count). The Hall–Kier alpha value is -0.740. The first kappa shape index (κ1) is 11.3. The predicted octanol–water partition coefficient (Wildman–Crippen LogP) is 2.90. The summed E-state index contributed by atoms with van der Waals surface area (Å²) in [6.45, 7) is 6.65. The van der Waals surface area contributed by atoms with Crippen molar-refractivity contribution in [2.75, 3.05) is 0 Å². The summed E-state index contributed by atoms with van der Waals surface area (Å²) in [5.41, 5.74) is 3.02. The number of aliphatic hydroxyl groups is 1. The molecule has 0 aromatic rings. The molecule has 0 aromatic heterocycles. The van der Waals surface area contributed by atoms with Crippen LogP contribution in [0.1, 0.15) is 46.5 Å². The van der Waals surface area contributed by atoms with E-state index in [0.29, 0.717) is 6.42 Å². The number of allylic oxidation sites excluding steroid dienone is 1. The maximum atomic E-state index is 9.49. The lowest BCUT2D eigenvalue weighted by Gasteiger charge is -2.35. The highest BCUT2D eigenvalue weighted by molar-refractivity contribution is 5.24. The molecule has 1 aliphatic rings. The largest absolute Gasteiger partial charge is 0.380 e. The Morgan fingerprint density at radius 2 is 2.21 bits per heavy atom. The third-order valence-corrected chi connectivity index (χ3v) is 3.28. The van der Waals surface area contributed by atoms with Gasteiger partial charge in [0.2, 0.25) is 0 Å². The average molecular weight is 192 g/mol. The number of rotatable bonds is 2. The molecule has 0 saturated carbocycles. The molecule has 0 fully saturated rings. The second kappa shape index (κ2) is 4.19. The minimum absolute atomic E-state index is 0.222. The lowest BCUT2D eigenvalue weighted by atomic mass is 9.71. The molecule has 1 heteroatoms. The molecule has 0 spiro atoms. The van der Waals surface area contributed by atoms with Crippen molar-refractivity contribution in [1.29, 1.82) is 0 Å². The summed E-state index contributed by atoms with van der Waals surface area (Å²) < 4.78 is 0. The topological polar surface area (TPSA) is 20.2 Å². The Bertz CT molecular complexity index is 278. The molecule has 0 aliphatic heterocycles. The lowest BCUT2D eigenvalue weighted by Crippen LogP contribution is -2.23. The summed E-state index contributed by atoms with van der Waals surface area (Å²) >= 11 is 0. The van der Waals surface area contributed by atoms with Gasteiger partial charge < -0.3 is 5.11 Å². The van der Waals surface area contributed by atoms with E-state index in [1.54, 1.807) is 0 Å². The maximum Gasteiger partial charge on any atom is 0.118 e. The maximum absolute atomic E-state index is 9.49. The molecule has 0 unspecified atom stereocenters. The number of aliphatic hydroxyl groups excluding tert-OH is 1. The van der Waals surface area contributed by atoms with Gasteiger partial charge in [0, 0.05) is 6.42 Å². The Morgan fingerprint density at radius 3 is 2.71 bits per heavy atom. The van der Waals surface area contributed by atoms with Crippen molar-refractivity contribution in [2.45, 2.75) is 52.6 Å². The Labute approximate surface area is 87.2 Å². The van der Waals surface area contributed by atoms with Gasteiger partial charge in [0.1, 0.15) is 6.10 Å². The van der Waals surface area contributed by atoms with Gasteiger partial charge in [0.15, 0.2) is 0 Å². The van der Waals surface area contributed by atoms with E-state index in [1.165, 1.54) is 24.0 Å². The van der Waals surface area contributed by atoms with Crippen LogP contribution in [0.2, 0.25) is 0 Å². The van der Waals surface area contributed by atoms with Crippen LogP contribution in [0.25, 0.3) is 0 Å². The zero-order valence-electron chi connectivity index (χ0n) is 9.43. The number of hydrogen-bond acceptors (Lipinski definition) is 1. The summed E-state index contributed by atoms with van der Waals surface area (Å²) in [7, 11) is 0. The van der Waals surface area contributed by atoms with Crippen LogP contribution in [0.5, 0.6) is 0 Å². The second-order valence-electron chi connectivity index (χ2n) is 4.88. The first-order valence-electron chi connectivity index (χ1n) is 5.30. The van der Waals surface area contributed by atoms with E-state index in [9.17, 15) is 5.11 Å². The van der Waals surface area contributed by atoms with Crippen molar-refractivity contribution in [1.82, 2.24) is 0 Å². The van der Waals surface area contributed by atoms with Crippen LogP contribution in [0, 0.1) is 17.8 Å². The van der Waals surface area contributed by atoms with Crippen molar-refractivity contribution >= 4 is 0 Å². The Morgan fingerprint density at radius 1 is 1.57 bits per heavy atom. The lowest BCUT2D eigenvalue weighted by molar-refractivity contribution is 0.216. The van der Waals surface area contributed by atoms with Crippen molar-refractivity contribution < 1.29 is 5.11 Å². The monoisotopic (exact) mass is 192 g/mol. The third kappa shape index (κ3) is 2.39. The predicted molar refractivity (Wildman–Crippen MR) is 59.8 cm³/mol. The van der Waals surface area contributed by atoms with Crippen LogP contribution in [-0.2, 0) is 0 Å². The van der Waals surface area contributed by atoms with E-state index in [1.807, 2.05) is 0 Å². The standard InChI is InChI=1S/C13H20O/c1-5-11(14)9-12-10(2)7-6-8-13(12,3)4/h1,11,14H,6-9H2,2-4H3/t11-/m0/s1. The van der Waals surface area contributed by atoms with Crippen LogP contribution in [0.15, 0.2) is 11.1 Å². The highest BCUT2D eigenvalue weighted by Gasteiger charge is 2.28. The molecule has 1 N–H and O–H groups in total. The van der Waals surface area contributed by atoms with Crippen molar-refractivity contribution in [2.24, 2.45) is 5.41 Å². The van der Waals surface area contributed by atoms with E-state index in [2.05, 4.69) is 26.7 Å². The van der Waals surface area contributed by atoms with Gasteiger partial charge in [-0.3, -0.25) is 0 Å². The van der Waals surface area contributed by atoms with Gasteiger partial charge in [-0.1, -0.05) is 30.9 Å². The van der Waals surface area contributed by atoms with Gasteiger partial charge in [0.25, 0.3) is 0 Å². The minimum atomic E-state index is -0.614. The van der Waals surface area contributed by atoms with Crippen molar-refractivity contribution in [3.63, 3.8) is 0 Å².